The fourth-order valence-electron chi connectivity index (χ4n) is 1.09. The van der Waals surface area contributed by atoms with Crippen LogP contribution in [-0.2, 0) is 4.74 Å². The first kappa shape index (κ1) is 12.5. The van der Waals surface area contributed by atoms with E-state index in [4.69, 9.17) is 15.2 Å². The van der Waals surface area contributed by atoms with Crippen molar-refractivity contribution in [2.75, 3.05) is 20.3 Å². The molecule has 1 unspecified atom stereocenters. The molecule has 0 aliphatic rings. The predicted molar refractivity (Wildman–Crippen MR) is 64.1 cm³/mol. The number of rotatable bonds is 6. The Hall–Kier alpha value is -0.580. The maximum Gasteiger partial charge on any atom is 0.119 e. The molecule has 0 bridgehead atoms. The van der Waals surface area contributed by atoms with Crippen LogP contribution in [0.2, 0.25) is 0 Å². The van der Waals surface area contributed by atoms with Gasteiger partial charge in [-0.3, -0.25) is 0 Å². The van der Waals surface area contributed by atoms with Gasteiger partial charge in [-0.2, -0.15) is 0 Å². The van der Waals surface area contributed by atoms with E-state index in [9.17, 15) is 0 Å². The molecule has 0 spiro atoms. The van der Waals surface area contributed by atoms with Gasteiger partial charge in [-0.1, -0.05) is 15.9 Å². The zero-order valence-electron chi connectivity index (χ0n) is 8.78. The molecule has 84 valence electrons. The van der Waals surface area contributed by atoms with E-state index in [0.717, 1.165) is 16.6 Å². The van der Waals surface area contributed by atoms with Gasteiger partial charge in [-0.25, -0.2) is 0 Å². The summed E-state index contributed by atoms with van der Waals surface area (Å²) in [7, 11) is 1.67. The zero-order chi connectivity index (χ0) is 11.1. The van der Waals surface area contributed by atoms with Crippen molar-refractivity contribution in [2.24, 2.45) is 5.73 Å². The summed E-state index contributed by atoms with van der Waals surface area (Å²) in [5.74, 6) is 0.839. The van der Waals surface area contributed by atoms with Crippen molar-refractivity contribution in [3.8, 4) is 5.75 Å². The van der Waals surface area contributed by atoms with E-state index in [1.54, 1.807) is 7.11 Å². The third kappa shape index (κ3) is 5.16. The van der Waals surface area contributed by atoms with Crippen LogP contribution >= 0.6 is 15.9 Å². The predicted octanol–water partition coefficient (Wildman–Crippen LogP) is 2.19. The number of ether oxygens (including phenoxy) is 2. The summed E-state index contributed by atoms with van der Waals surface area (Å²) in [6.45, 7) is 1.19. The third-order valence-corrected chi connectivity index (χ3v) is 2.50. The molecular weight excluding hydrogens is 258 g/mol. The minimum Gasteiger partial charge on any atom is -0.492 e. The Kier molecular flexibility index (Phi) is 5.68. The van der Waals surface area contributed by atoms with Gasteiger partial charge in [0.05, 0.1) is 0 Å². The molecule has 2 N–H and O–H groups in total. The number of methoxy groups -OCH3 is 1. The van der Waals surface area contributed by atoms with Crippen molar-refractivity contribution in [3.05, 3.63) is 28.7 Å². The molecular formula is C11H16BrNO2. The largest absolute Gasteiger partial charge is 0.492 e. The molecule has 4 heteroatoms. The highest BCUT2D eigenvalue weighted by atomic mass is 79.9. The summed E-state index contributed by atoms with van der Waals surface area (Å²) < 4.78 is 11.5. The number of hydrogen-bond donors (Lipinski definition) is 1. The molecule has 15 heavy (non-hydrogen) atoms. The Balaban J connectivity index is 2.27. The highest BCUT2D eigenvalue weighted by molar-refractivity contribution is 9.10. The van der Waals surface area contributed by atoms with Crippen molar-refractivity contribution in [3.63, 3.8) is 0 Å². The summed E-state index contributed by atoms with van der Waals surface area (Å²) in [5, 5.41) is 0. The summed E-state index contributed by atoms with van der Waals surface area (Å²) >= 11 is 3.36. The normalized spacial score (nSPS) is 12.5. The summed E-state index contributed by atoms with van der Waals surface area (Å²) in [5.41, 5.74) is 5.82. The number of hydrogen-bond acceptors (Lipinski definition) is 3. The Morgan fingerprint density at radius 3 is 2.60 bits per heavy atom. The lowest BCUT2D eigenvalue weighted by molar-refractivity contribution is 0.175. The second-order valence-electron chi connectivity index (χ2n) is 3.31. The van der Waals surface area contributed by atoms with Crippen molar-refractivity contribution < 1.29 is 9.47 Å². The second kappa shape index (κ2) is 6.82. The molecule has 3 nitrogen and oxygen atoms in total. The SMILES string of the molecule is COCCC(N)COc1ccc(Br)cc1. The fourth-order valence-corrected chi connectivity index (χ4v) is 1.35. The average Bonchev–Trinajstić information content (AvgIpc) is 2.25. The van der Waals surface area contributed by atoms with Crippen LogP contribution in [0, 0.1) is 0 Å². The second-order valence-corrected chi connectivity index (χ2v) is 4.22. The van der Waals surface area contributed by atoms with Crippen LogP contribution in [-0.4, -0.2) is 26.4 Å². The molecule has 0 fully saturated rings. The fraction of sp³-hybridized carbons (Fsp3) is 0.455. The molecule has 0 amide bonds. The van der Waals surface area contributed by atoms with Crippen LogP contribution in [0.5, 0.6) is 5.75 Å². The summed E-state index contributed by atoms with van der Waals surface area (Å²) in [6, 6.07) is 7.72. The van der Waals surface area contributed by atoms with Gasteiger partial charge < -0.3 is 15.2 Å². The lowest BCUT2D eigenvalue weighted by Crippen LogP contribution is -2.29. The Labute approximate surface area is 98.7 Å². The van der Waals surface area contributed by atoms with Crippen LogP contribution in [0.4, 0.5) is 0 Å². The first-order valence-corrected chi connectivity index (χ1v) is 5.64. The van der Waals surface area contributed by atoms with Gasteiger partial charge in [0, 0.05) is 24.2 Å². The van der Waals surface area contributed by atoms with E-state index < -0.39 is 0 Å². The molecule has 0 radical (unpaired) electrons. The van der Waals surface area contributed by atoms with Crippen molar-refractivity contribution >= 4 is 15.9 Å². The van der Waals surface area contributed by atoms with Crippen molar-refractivity contribution in [1.29, 1.82) is 0 Å². The molecule has 1 aromatic rings. The monoisotopic (exact) mass is 273 g/mol. The van der Waals surface area contributed by atoms with Gasteiger partial charge in [0.15, 0.2) is 0 Å². The van der Waals surface area contributed by atoms with Gasteiger partial charge in [-0.05, 0) is 30.7 Å². The van der Waals surface area contributed by atoms with E-state index in [2.05, 4.69) is 15.9 Å². The van der Waals surface area contributed by atoms with E-state index in [1.165, 1.54) is 0 Å². The maximum atomic E-state index is 5.82. The Morgan fingerprint density at radius 1 is 1.33 bits per heavy atom. The molecule has 0 saturated heterocycles. The van der Waals surface area contributed by atoms with E-state index >= 15 is 0 Å². The summed E-state index contributed by atoms with van der Waals surface area (Å²) in [6.07, 6.45) is 0.813. The molecule has 0 heterocycles. The molecule has 0 saturated carbocycles. The topological polar surface area (TPSA) is 44.5 Å². The van der Waals surface area contributed by atoms with Gasteiger partial charge in [-0.15, -0.1) is 0 Å². The van der Waals surface area contributed by atoms with Crippen LogP contribution in [0.15, 0.2) is 28.7 Å². The maximum absolute atomic E-state index is 5.82. The molecule has 1 rings (SSSR count). The minimum absolute atomic E-state index is 0.0218. The van der Waals surface area contributed by atoms with Crippen LogP contribution in [0.25, 0.3) is 0 Å². The van der Waals surface area contributed by atoms with Crippen LogP contribution in [0.1, 0.15) is 6.42 Å². The van der Waals surface area contributed by atoms with Crippen LogP contribution in [0.3, 0.4) is 0 Å². The number of benzene rings is 1. The Bertz CT molecular complexity index is 276. The van der Waals surface area contributed by atoms with Crippen LogP contribution < -0.4 is 10.5 Å². The quantitative estimate of drug-likeness (QED) is 0.864. The molecule has 1 aromatic carbocycles. The van der Waals surface area contributed by atoms with Gasteiger partial charge in [0.2, 0.25) is 0 Å². The first-order chi connectivity index (χ1) is 7.22. The van der Waals surface area contributed by atoms with Crippen molar-refractivity contribution in [1.82, 2.24) is 0 Å². The average molecular weight is 274 g/mol. The highest BCUT2D eigenvalue weighted by Crippen LogP contribution is 2.16. The van der Waals surface area contributed by atoms with Crippen molar-refractivity contribution in [2.45, 2.75) is 12.5 Å². The van der Waals surface area contributed by atoms with E-state index in [-0.39, 0.29) is 6.04 Å². The third-order valence-electron chi connectivity index (χ3n) is 1.97. The molecule has 0 aliphatic heterocycles. The minimum atomic E-state index is 0.0218. The standard InChI is InChI=1S/C11H16BrNO2/c1-14-7-6-10(13)8-15-11-4-2-9(12)3-5-11/h2-5,10H,6-8,13H2,1H3. The lowest BCUT2D eigenvalue weighted by Gasteiger charge is -2.12. The zero-order valence-corrected chi connectivity index (χ0v) is 10.4. The number of halogens is 1. The molecule has 0 aliphatic carbocycles. The van der Waals surface area contributed by atoms with E-state index in [1.807, 2.05) is 24.3 Å². The van der Waals surface area contributed by atoms with E-state index in [0.29, 0.717) is 13.2 Å². The lowest BCUT2D eigenvalue weighted by atomic mass is 10.2. The van der Waals surface area contributed by atoms with Gasteiger partial charge in [0.1, 0.15) is 12.4 Å². The molecule has 1 atom stereocenters. The van der Waals surface area contributed by atoms with Gasteiger partial charge >= 0.3 is 0 Å². The smallest absolute Gasteiger partial charge is 0.119 e. The summed E-state index contributed by atoms with van der Waals surface area (Å²) in [4.78, 5) is 0. The number of nitrogens with two attached hydrogens (primary N) is 1. The Morgan fingerprint density at radius 2 is 2.00 bits per heavy atom. The molecule has 0 aromatic heterocycles. The van der Waals surface area contributed by atoms with Gasteiger partial charge in [0.25, 0.3) is 0 Å². The first-order valence-electron chi connectivity index (χ1n) is 4.85. The highest BCUT2D eigenvalue weighted by Gasteiger charge is 2.03.